The Morgan fingerprint density at radius 2 is 2.05 bits per heavy atom. The number of anilines is 1. The summed E-state index contributed by atoms with van der Waals surface area (Å²) in [4.78, 5) is 13.7. The van der Waals surface area contributed by atoms with E-state index in [1.165, 1.54) is 10.3 Å². The Kier molecular flexibility index (Phi) is 3.41. The normalized spacial score (nSPS) is 24.1. The molecule has 1 aliphatic heterocycles. The van der Waals surface area contributed by atoms with Crippen molar-refractivity contribution in [2.75, 3.05) is 18.0 Å². The highest BCUT2D eigenvalue weighted by molar-refractivity contribution is 7.18. The number of fused-ring (bicyclic) bond motifs is 1. The van der Waals surface area contributed by atoms with Gasteiger partial charge in [-0.2, -0.15) is 0 Å². The first kappa shape index (κ1) is 12.8. The molecule has 0 radical (unpaired) electrons. The average Bonchev–Trinajstić information content (AvgIpc) is 2.80. The van der Waals surface area contributed by atoms with Crippen LogP contribution in [0.5, 0.6) is 0 Å². The van der Waals surface area contributed by atoms with E-state index in [2.05, 4.69) is 41.7 Å². The lowest BCUT2D eigenvalue weighted by Crippen LogP contribution is -2.45. The number of thiophene rings is 1. The van der Waals surface area contributed by atoms with E-state index in [1.54, 1.807) is 17.7 Å². The Labute approximate surface area is 117 Å². The maximum absolute atomic E-state index is 5.79. The standard InChI is InChI=1S/C14H19N3OS/c1-4-11-5-12-13(15-8-16-14(12)19-11)17-6-9(2)18-10(3)7-17/h5,8-10H,4,6-7H2,1-3H3/t9-,10+. The fraction of sp³-hybridized carbons (Fsp3) is 0.571. The van der Waals surface area contributed by atoms with Crippen LogP contribution in [-0.2, 0) is 11.2 Å². The summed E-state index contributed by atoms with van der Waals surface area (Å²) in [6.45, 7) is 8.20. The average molecular weight is 277 g/mol. The molecule has 2 aromatic rings. The summed E-state index contributed by atoms with van der Waals surface area (Å²) in [6, 6.07) is 2.24. The molecule has 0 spiro atoms. The highest BCUT2D eigenvalue weighted by Crippen LogP contribution is 2.31. The van der Waals surface area contributed by atoms with Crippen LogP contribution in [0.1, 0.15) is 25.6 Å². The Hall–Kier alpha value is -1.20. The van der Waals surface area contributed by atoms with E-state index in [9.17, 15) is 0 Å². The van der Waals surface area contributed by atoms with Gasteiger partial charge in [0.15, 0.2) is 0 Å². The van der Waals surface area contributed by atoms with Gasteiger partial charge >= 0.3 is 0 Å². The number of hydrogen-bond donors (Lipinski definition) is 0. The zero-order valence-corrected chi connectivity index (χ0v) is 12.4. The molecule has 0 bridgehead atoms. The minimum absolute atomic E-state index is 0.248. The van der Waals surface area contributed by atoms with Gasteiger partial charge in [-0.3, -0.25) is 0 Å². The highest BCUT2D eigenvalue weighted by Gasteiger charge is 2.24. The van der Waals surface area contributed by atoms with Gasteiger partial charge in [0.2, 0.25) is 0 Å². The van der Waals surface area contributed by atoms with E-state index in [4.69, 9.17) is 4.74 Å². The van der Waals surface area contributed by atoms with Gasteiger partial charge in [0.25, 0.3) is 0 Å². The van der Waals surface area contributed by atoms with Gasteiger partial charge < -0.3 is 9.64 Å². The predicted octanol–water partition coefficient (Wildman–Crippen LogP) is 2.87. The van der Waals surface area contributed by atoms with Crippen LogP contribution in [0.2, 0.25) is 0 Å². The van der Waals surface area contributed by atoms with Crippen molar-refractivity contribution in [3.63, 3.8) is 0 Å². The summed E-state index contributed by atoms with van der Waals surface area (Å²) in [5, 5.41) is 1.19. The molecular formula is C14H19N3OS. The molecule has 0 unspecified atom stereocenters. The second-order valence-electron chi connectivity index (χ2n) is 5.14. The van der Waals surface area contributed by atoms with Gasteiger partial charge in [-0.05, 0) is 26.3 Å². The van der Waals surface area contributed by atoms with Gasteiger partial charge in [0, 0.05) is 18.0 Å². The molecule has 0 aliphatic carbocycles. The Morgan fingerprint density at radius 1 is 1.32 bits per heavy atom. The number of rotatable bonds is 2. The molecule has 1 aliphatic rings. The van der Waals surface area contributed by atoms with E-state index < -0.39 is 0 Å². The maximum Gasteiger partial charge on any atom is 0.140 e. The third-order valence-electron chi connectivity index (χ3n) is 3.43. The van der Waals surface area contributed by atoms with Crippen molar-refractivity contribution in [3.8, 4) is 0 Å². The van der Waals surface area contributed by atoms with Crippen LogP contribution in [0.15, 0.2) is 12.4 Å². The number of aromatic nitrogens is 2. The van der Waals surface area contributed by atoms with Crippen LogP contribution in [0.25, 0.3) is 10.2 Å². The maximum atomic E-state index is 5.79. The van der Waals surface area contributed by atoms with Crippen molar-refractivity contribution in [2.45, 2.75) is 39.4 Å². The van der Waals surface area contributed by atoms with Gasteiger partial charge in [0.1, 0.15) is 17.0 Å². The van der Waals surface area contributed by atoms with Gasteiger partial charge in [0.05, 0.1) is 17.6 Å². The largest absolute Gasteiger partial charge is 0.372 e. The fourth-order valence-corrected chi connectivity index (χ4v) is 3.60. The summed E-state index contributed by atoms with van der Waals surface area (Å²) in [6.07, 6.45) is 3.23. The molecule has 0 saturated carbocycles. The fourth-order valence-electron chi connectivity index (χ4n) is 2.67. The minimum Gasteiger partial charge on any atom is -0.372 e. The molecule has 5 heteroatoms. The quantitative estimate of drug-likeness (QED) is 0.846. The molecular weight excluding hydrogens is 258 g/mol. The molecule has 2 aromatic heterocycles. The molecule has 3 heterocycles. The first-order valence-electron chi connectivity index (χ1n) is 6.81. The second-order valence-corrected chi connectivity index (χ2v) is 6.26. The van der Waals surface area contributed by atoms with Crippen LogP contribution in [-0.4, -0.2) is 35.3 Å². The van der Waals surface area contributed by atoms with Gasteiger partial charge in [-0.1, -0.05) is 6.92 Å². The lowest BCUT2D eigenvalue weighted by Gasteiger charge is -2.36. The number of aryl methyl sites for hydroxylation is 1. The molecule has 1 saturated heterocycles. The molecule has 19 heavy (non-hydrogen) atoms. The van der Waals surface area contributed by atoms with Gasteiger partial charge in [-0.15, -0.1) is 11.3 Å². The third kappa shape index (κ3) is 2.44. The summed E-state index contributed by atoms with van der Waals surface area (Å²) >= 11 is 1.77. The van der Waals surface area contributed by atoms with Crippen LogP contribution in [0.3, 0.4) is 0 Å². The topological polar surface area (TPSA) is 38.2 Å². The molecule has 2 atom stereocenters. The zero-order chi connectivity index (χ0) is 13.4. The van der Waals surface area contributed by atoms with Crippen molar-refractivity contribution in [1.82, 2.24) is 9.97 Å². The van der Waals surface area contributed by atoms with E-state index in [-0.39, 0.29) is 12.2 Å². The number of ether oxygens (including phenoxy) is 1. The Balaban J connectivity index is 2.01. The zero-order valence-electron chi connectivity index (χ0n) is 11.6. The number of nitrogens with zero attached hydrogens (tertiary/aromatic N) is 3. The summed E-state index contributed by atoms with van der Waals surface area (Å²) in [5.41, 5.74) is 0. The van der Waals surface area contributed by atoms with Gasteiger partial charge in [-0.25, -0.2) is 9.97 Å². The second kappa shape index (κ2) is 5.06. The molecule has 3 rings (SSSR count). The third-order valence-corrected chi connectivity index (χ3v) is 4.61. The van der Waals surface area contributed by atoms with Crippen molar-refractivity contribution >= 4 is 27.4 Å². The smallest absolute Gasteiger partial charge is 0.140 e. The highest BCUT2D eigenvalue weighted by atomic mass is 32.1. The minimum atomic E-state index is 0.248. The van der Waals surface area contributed by atoms with E-state index >= 15 is 0 Å². The summed E-state index contributed by atoms with van der Waals surface area (Å²) in [5.74, 6) is 1.06. The van der Waals surface area contributed by atoms with E-state index in [1.807, 2.05) is 0 Å². The van der Waals surface area contributed by atoms with Crippen molar-refractivity contribution in [3.05, 3.63) is 17.3 Å². The predicted molar refractivity (Wildman–Crippen MR) is 79.0 cm³/mol. The van der Waals surface area contributed by atoms with E-state index in [0.29, 0.717) is 0 Å². The first-order chi connectivity index (χ1) is 9.17. The lowest BCUT2D eigenvalue weighted by molar-refractivity contribution is -0.00537. The van der Waals surface area contributed by atoms with Crippen molar-refractivity contribution < 1.29 is 4.74 Å². The molecule has 0 N–H and O–H groups in total. The number of morpholine rings is 1. The van der Waals surface area contributed by atoms with Crippen LogP contribution >= 0.6 is 11.3 Å². The number of hydrogen-bond acceptors (Lipinski definition) is 5. The molecule has 4 nitrogen and oxygen atoms in total. The van der Waals surface area contributed by atoms with Crippen molar-refractivity contribution in [1.29, 1.82) is 0 Å². The lowest BCUT2D eigenvalue weighted by atomic mass is 10.2. The SMILES string of the molecule is CCc1cc2c(N3C[C@@H](C)O[C@@H](C)C3)ncnc2s1. The van der Waals surface area contributed by atoms with Crippen LogP contribution in [0, 0.1) is 0 Å². The molecule has 0 aromatic carbocycles. The van der Waals surface area contributed by atoms with Crippen molar-refractivity contribution in [2.24, 2.45) is 0 Å². The Morgan fingerprint density at radius 3 is 2.74 bits per heavy atom. The Bertz CT molecular complexity index is 573. The van der Waals surface area contributed by atoms with E-state index in [0.717, 1.165) is 30.2 Å². The molecule has 1 fully saturated rings. The summed E-state index contributed by atoms with van der Waals surface area (Å²) in [7, 11) is 0. The first-order valence-corrected chi connectivity index (χ1v) is 7.63. The molecule has 102 valence electrons. The summed E-state index contributed by atoms with van der Waals surface area (Å²) < 4.78 is 5.79. The van der Waals surface area contributed by atoms with Crippen LogP contribution in [0.4, 0.5) is 5.82 Å². The molecule has 0 amide bonds. The van der Waals surface area contributed by atoms with Crippen LogP contribution < -0.4 is 4.90 Å². The monoisotopic (exact) mass is 277 g/mol.